The van der Waals surface area contributed by atoms with Crippen molar-refractivity contribution < 1.29 is 9.90 Å². The summed E-state index contributed by atoms with van der Waals surface area (Å²) >= 11 is 1.63. The fraction of sp³-hybridized carbons (Fsp3) is 0.429. The zero-order valence-electron chi connectivity index (χ0n) is 11.7. The van der Waals surface area contributed by atoms with E-state index in [1.165, 1.54) is 0 Å². The second-order valence-electron chi connectivity index (χ2n) is 4.84. The molecule has 0 amide bonds. The minimum absolute atomic E-state index is 0.505. The Morgan fingerprint density at radius 3 is 3.00 bits per heavy atom. The van der Waals surface area contributed by atoms with Gasteiger partial charge in [0.15, 0.2) is 0 Å². The molecule has 108 valence electrons. The van der Waals surface area contributed by atoms with Crippen LogP contribution in [0.4, 0.5) is 0 Å². The van der Waals surface area contributed by atoms with Crippen LogP contribution in [0.1, 0.15) is 20.3 Å². The topological polar surface area (TPSA) is 67.2 Å². The van der Waals surface area contributed by atoms with E-state index in [9.17, 15) is 9.90 Å². The van der Waals surface area contributed by atoms with Crippen molar-refractivity contribution >= 4 is 17.3 Å². The Morgan fingerprint density at radius 1 is 1.60 bits per heavy atom. The van der Waals surface area contributed by atoms with E-state index >= 15 is 0 Å². The molecule has 0 aliphatic rings. The molecule has 0 aliphatic carbocycles. The van der Waals surface area contributed by atoms with Gasteiger partial charge in [-0.2, -0.15) is 0 Å². The highest BCUT2D eigenvalue weighted by molar-refractivity contribution is 7.13. The monoisotopic (exact) mass is 293 g/mol. The van der Waals surface area contributed by atoms with E-state index in [4.69, 9.17) is 0 Å². The van der Waals surface area contributed by atoms with Gasteiger partial charge in [0.2, 0.25) is 0 Å². The Hall–Kier alpha value is -1.66. The lowest BCUT2D eigenvalue weighted by atomic mass is 9.98. The van der Waals surface area contributed by atoms with Gasteiger partial charge < -0.3 is 15.0 Å². The molecule has 2 aromatic rings. The molecule has 1 atom stereocenters. The predicted molar refractivity (Wildman–Crippen MR) is 79.9 cm³/mol. The first-order chi connectivity index (χ1) is 9.57. The molecular weight excluding hydrogens is 274 g/mol. The first kappa shape index (κ1) is 14.7. The third kappa shape index (κ3) is 3.08. The SMILES string of the molecule is CCNC(C)(CCn1ccnc1-c1cccs1)C(=O)O. The number of nitrogens with zero attached hydrogens (tertiary/aromatic N) is 2. The molecule has 2 N–H and O–H groups in total. The van der Waals surface area contributed by atoms with Crippen LogP contribution in [0, 0.1) is 0 Å². The van der Waals surface area contributed by atoms with Gasteiger partial charge in [-0.1, -0.05) is 13.0 Å². The number of likely N-dealkylation sites (N-methyl/N-ethyl adjacent to an activating group) is 1. The van der Waals surface area contributed by atoms with Crippen LogP contribution < -0.4 is 5.32 Å². The molecule has 0 aliphatic heterocycles. The fourth-order valence-corrected chi connectivity index (χ4v) is 2.86. The number of thiophene rings is 1. The zero-order valence-corrected chi connectivity index (χ0v) is 12.5. The van der Waals surface area contributed by atoms with E-state index in [-0.39, 0.29) is 0 Å². The summed E-state index contributed by atoms with van der Waals surface area (Å²) in [5.41, 5.74) is -0.911. The van der Waals surface area contributed by atoms with Crippen LogP contribution in [0.5, 0.6) is 0 Å². The predicted octanol–water partition coefficient (Wildman–Crippen LogP) is 2.45. The van der Waals surface area contributed by atoms with Crippen molar-refractivity contribution in [3.8, 4) is 10.7 Å². The lowest BCUT2D eigenvalue weighted by Crippen LogP contribution is -2.50. The van der Waals surface area contributed by atoms with E-state index in [0.29, 0.717) is 19.5 Å². The third-order valence-electron chi connectivity index (χ3n) is 3.35. The largest absolute Gasteiger partial charge is 0.480 e. The number of aliphatic carboxylic acids is 1. The maximum Gasteiger partial charge on any atom is 0.323 e. The number of aromatic nitrogens is 2. The molecule has 5 nitrogen and oxygen atoms in total. The Kier molecular flexibility index (Phi) is 4.57. The van der Waals surface area contributed by atoms with E-state index < -0.39 is 11.5 Å². The zero-order chi connectivity index (χ0) is 14.6. The minimum Gasteiger partial charge on any atom is -0.480 e. The molecule has 0 aromatic carbocycles. The second-order valence-corrected chi connectivity index (χ2v) is 5.79. The van der Waals surface area contributed by atoms with Crippen molar-refractivity contribution in [2.45, 2.75) is 32.4 Å². The average molecular weight is 293 g/mol. The molecule has 0 radical (unpaired) electrons. The van der Waals surface area contributed by atoms with E-state index in [0.717, 1.165) is 10.7 Å². The molecule has 0 spiro atoms. The van der Waals surface area contributed by atoms with Crippen molar-refractivity contribution in [2.24, 2.45) is 0 Å². The minimum atomic E-state index is -0.911. The first-order valence-corrected chi connectivity index (χ1v) is 7.48. The second kappa shape index (κ2) is 6.19. The van der Waals surface area contributed by atoms with Gasteiger partial charge in [-0.15, -0.1) is 11.3 Å². The quantitative estimate of drug-likeness (QED) is 0.823. The van der Waals surface area contributed by atoms with Crippen LogP contribution in [0.3, 0.4) is 0 Å². The fourth-order valence-electron chi connectivity index (χ4n) is 2.13. The number of nitrogens with one attached hydrogen (secondary N) is 1. The summed E-state index contributed by atoms with van der Waals surface area (Å²) in [5.74, 6) is 0.0707. The van der Waals surface area contributed by atoms with Crippen molar-refractivity contribution in [3.63, 3.8) is 0 Å². The molecule has 6 heteroatoms. The van der Waals surface area contributed by atoms with Crippen molar-refractivity contribution in [3.05, 3.63) is 29.9 Å². The number of hydrogen-bond acceptors (Lipinski definition) is 4. The normalized spacial score (nSPS) is 14.1. The van der Waals surface area contributed by atoms with Crippen molar-refractivity contribution in [1.82, 2.24) is 14.9 Å². The van der Waals surface area contributed by atoms with Gasteiger partial charge >= 0.3 is 5.97 Å². The summed E-state index contributed by atoms with van der Waals surface area (Å²) in [6.07, 6.45) is 4.15. The average Bonchev–Trinajstić information content (AvgIpc) is 3.07. The van der Waals surface area contributed by atoms with Crippen LogP contribution in [-0.4, -0.2) is 32.7 Å². The number of rotatable bonds is 7. The van der Waals surface area contributed by atoms with Gasteiger partial charge in [0.1, 0.15) is 11.4 Å². The summed E-state index contributed by atoms with van der Waals surface area (Å²) < 4.78 is 2.00. The molecule has 0 saturated carbocycles. The Morgan fingerprint density at radius 2 is 2.40 bits per heavy atom. The van der Waals surface area contributed by atoms with Crippen molar-refractivity contribution in [2.75, 3.05) is 6.54 Å². The summed E-state index contributed by atoms with van der Waals surface area (Å²) in [7, 11) is 0. The number of carboxylic acid groups (broad SMARTS) is 1. The van der Waals surface area contributed by atoms with Gasteiger partial charge in [-0.25, -0.2) is 4.98 Å². The molecule has 20 heavy (non-hydrogen) atoms. The molecule has 2 rings (SSSR count). The lowest BCUT2D eigenvalue weighted by Gasteiger charge is -2.26. The molecule has 2 heterocycles. The lowest BCUT2D eigenvalue weighted by molar-refractivity contribution is -0.144. The van der Waals surface area contributed by atoms with Gasteiger partial charge in [-0.05, 0) is 31.3 Å². The molecular formula is C14H19N3O2S. The molecule has 1 unspecified atom stereocenters. The Bertz CT molecular complexity index is 565. The summed E-state index contributed by atoms with van der Waals surface area (Å²) in [4.78, 5) is 16.8. The highest BCUT2D eigenvalue weighted by Gasteiger charge is 2.31. The number of imidazole rings is 1. The number of carboxylic acids is 1. The summed E-state index contributed by atoms with van der Waals surface area (Å²) in [5, 5.41) is 14.4. The number of carbonyl (C=O) groups is 1. The van der Waals surface area contributed by atoms with Gasteiger partial charge in [0.25, 0.3) is 0 Å². The molecule has 0 bridgehead atoms. The van der Waals surface area contributed by atoms with Crippen molar-refractivity contribution in [1.29, 1.82) is 0 Å². The maximum absolute atomic E-state index is 11.4. The smallest absolute Gasteiger partial charge is 0.323 e. The highest BCUT2D eigenvalue weighted by Crippen LogP contribution is 2.24. The standard InChI is InChI=1S/C14H19N3O2S/c1-3-16-14(2,13(18)19)6-8-17-9-7-15-12(17)11-5-4-10-20-11/h4-5,7,9-10,16H,3,6,8H2,1-2H3,(H,18,19). The van der Waals surface area contributed by atoms with Crippen LogP contribution in [0.25, 0.3) is 10.7 Å². The molecule has 2 aromatic heterocycles. The maximum atomic E-state index is 11.4. The molecule has 0 fully saturated rings. The van der Waals surface area contributed by atoms with E-state index in [1.54, 1.807) is 24.5 Å². The number of aryl methyl sites for hydroxylation is 1. The van der Waals surface area contributed by atoms with Gasteiger partial charge in [0.05, 0.1) is 4.88 Å². The number of hydrogen-bond donors (Lipinski definition) is 2. The Labute approximate surface area is 122 Å². The van der Waals surface area contributed by atoms with Crippen LogP contribution >= 0.6 is 11.3 Å². The summed E-state index contributed by atoms with van der Waals surface area (Å²) in [6, 6.07) is 4.00. The van der Waals surface area contributed by atoms with E-state index in [2.05, 4.69) is 10.3 Å². The van der Waals surface area contributed by atoms with Crippen LogP contribution in [0.15, 0.2) is 29.9 Å². The highest BCUT2D eigenvalue weighted by atomic mass is 32.1. The third-order valence-corrected chi connectivity index (χ3v) is 4.21. The molecule has 0 saturated heterocycles. The Balaban J connectivity index is 2.11. The summed E-state index contributed by atoms with van der Waals surface area (Å²) in [6.45, 7) is 4.88. The van der Waals surface area contributed by atoms with Gasteiger partial charge in [-0.3, -0.25) is 4.79 Å². The van der Waals surface area contributed by atoms with Crippen LogP contribution in [0.2, 0.25) is 0 Å². The van der Waals surface area contributed by atoms with Gasteiger partial charge in [0, 0.05) is 18.9 Å². The van der Waals surface area contributed by atoms with E-state index in [1.807, 2.05) is 35.2 Å². The first-order valence-electron chi connectivity index (χ1n) is 6.60. The van der Waals surface area contributed by atoms with Crippen LogP contribution in [-0.2, 0) is 11.3 Å².